The SMILES string of the molecule is CCCCCCC/C=C\CCCCCCCC(=O)OC(COC(=O)CCCCCCCCCCCCCCCC)COC(=O)CCCCCCCCCCCCCCCCCCCCCCCCCCCCCCCCCCCC. The lowest BCUT2D eigenvalue weighted by Crippen LogP contribution is -2.30. The van der Waals surface area contributed by atoms with Crippen LogP contribution in [0.2, 0.25) is 0 Å². The minimum absolute atomic E-state index is 0.0668. The molecular formula is C74H142O6. The highest BCUT2D eigenvalue weighted by Crippen LogP contribution is 2.19. The summed E-state index contributed by atoms with van der Waals surface area (Å²) in [4.78, 5) is 38.3. The number of esters is 3. The Morgan fingerprint density at radius 1 is 0.237 bits per heavy atom. The third-order valence-corrected chi connectivity index (χ3v) is 17.0. The normalized spacial score (nSPS) is 12.0. The molecule has 0 radical (unpaired) electrons. The van der Waals surface area contributed by atoms with Gasteiger partial charge in [-0.25, -0.2) is 0 Å². The van der Waals surface area contributed by atoms with Crippen molar-refractivity contribution in [2.45, 2.75) is 431 Å². The molecular weight excluding hydrogens is 985 g/mol. The minimum atomic E-state index is -0.770. The Morgan fingerprint density at radius 3 is 0.625 bits per heavy atom. The van der Waals surface area contributed by atoms with Crippen LogP contribution in [0.1, 0.15) is 425 Å². The van der Waals surface area contributed by atoms with Gasteiger partial charge in [-0.15, -0.1) is 0 Å². The number of carbonyl (C=O) groups is 3. The van der Waals surface area contributed by atoms with Crippen molar-refractivity contribution in [3.8, 4) is 0 Å². The van der Waals surface area contributed by atoms with E-state index in [4.69, 9.17) is 14.2 Å². The molecule has 0 aliphatic carbocycles. The molecule has 0 aliphatic heterocycles. The van der Waals surface area contributed by atoms with Crippen molar-refractivity contribution >= 4 is 17.9 Å². The maximum absolute atomic E-state index is 12.9. The Bertz CT molecular complexity index is 1250. The monoisotopic (exact) mass is 1130 g/mol. The molecule has 6 nitrogen and oxygen atoms in total. The van der Waals surface area contributed by atoms with E-state index in [1.54, 1.807) is 0 Å². The van der Waals surface area contributed by atoms with Crippen molar-refractivity contribution in [3.05, 3.63) is 12.2 Å². The first-order chi connectivity index (χ1) is 39.5. The molecule has 0 amide bonds. The number of hydrogen-bond donors (Lipinski definition) is 0. The summed E-state index contributed by atoms with van der Waals surface area (Å²) in [6.07, 6.45) is 84.2. The van der Waals surface area contributed by atoms with Crippen molar-refractivity contribution in [1.82, 2.24) is 0 Å². The zero-order valence-electron chi connectivity index (χ0n) is 54.6. The Morgan fingerprint density at radius 2 is 0.412 bits per heavy atom. The average Bonchev–Trinajstić information content (AvgIpc) is 3.46. The van der Waals surface area contributed by atoms with Crippen molar-refractivity contribution < 1.29 is 28.6 Å². The highest BCUT2D eigenvalue weighted by atomic mass is 16.6. The molecule has 0 aromatic carbocycles. The maximum atomic E-state index is 12.9. The van der Waals surface area contributed by atoms with Crippen LogP contribution in [0.15, 0.2) is 12.2 Å². The van der Waals surface area contributed by atoms with Crippen LogP contribution in [-0.2, 0) is 28.6 Å². The lowest BCUT2D eigenvalue weighted by atomic mass is 10.0. The van der Waals surface area contributed by atoms with Gasteiger partial charge in [0.15, 0.2) is 6.10 Å². The Labute approximate surface area is 501 Å². The van der Waals surface area contributed by atoms with Crippen LogP contribution >= 0.6 is 0 Å². The molecule has 0 bridgehead atoms. The summed E-state index contributed by atoms with van der Waals surface area (Å²) in [6.45, 7) is 6.71. The molecule has 0 heterocycles. The second-order valence-corrected chi connectivity index (χ2v) is 25.2. The number of unbranched alkanes of at least 4 members (excludes halogenated alkanes) is 56. The van der Waals surface area contributed by atoms with Crippen LogP contribution in [-0.4, -0.2) is 37.2 Å². The van der Waals surface area contributed by atoms with E-state index >= 15 is 0 Å². The van der Waals surface area contributed by atoms with Crippen molar-refractivity contribution in [3.63, 3.8) is 0 Å². The molecule has 0 N–H and O–H groups in total. The van der Waals surface area contributed by atoms with E-state index < -0.39 is 6.10 Å². The van der Waals surface area contributed by atoms with E-state index in [2.05, 4.69) is 32.9 Å². The predicted molar refractivity (Wildman–Crippen MR) is 349 cm³/mol. The lowest BCUT2D eigenvalue weighted by Gasteiger charge is -2.18. The van der Waals surface area contributed by atoms with Crippen molar-refractivity contribution in [2.75, 3.05) is 13.2 Å². The maximum Gasteiger partial charge on any atom is 0.306 e. The van der Waals surface area contributed by atoms with Gasteiger partial charge in [-0.2, -0.15) is 0 Å². The van der Waals surface area contributed by atoms with Crippen LogP contribution in [0.3, 0.4) is 0 Å². The lowest BCUT2D eigenvalue weighted by molar-refractivity contribution is -0.167. The van der Waals surface area contributed by atoms with E-state index in [-0.39, 0.29) is 31.1 Å². The summed E-state index contributed by atoms with van der Waals surface area (Å²) in [7, 11) is 0. The molecule has 80 heavy (non-hydrogen) atoms. The van der Waals surface area contributed by atoms with Crippen molar-refractivity contribution in [1.29, 1.82) is 0 Å². The van der Waals surface area contributed by atoms with E-state index in [0.717, 1.165) is 64.2 Å². The van der Waals surface area contributed by atoms with Gasteiger partial charge in [0.2, 0.25) is 0 Å². The molecule has 0 spiro atoms. The van der Waals surface area contributed by atoms with Gasteiger partial charge in [0.25, 0.3) is 0 Å². The summed E-state index contributed by atoms with van der Waals surface area (Å²) in [5, 5.41) is 0. The van der Waals surface area contributed by atoms with Crippen LogP contribution < -0.4 is 0 Å². The van der Waals surface area contributed by atoms with E-state index in [9.17, 15) is 14.4 Å². The number of hydrogen-bond acceptors (Lipinski definition) is 6. The fraction of sp³-hybridized carbons (Fsp3) is 0.932. The van der Waals surface area contributed by atoms with Gasteiger partial charge in [0.05, 0.1) is 0 Å². The summed E-state index contributed by atoms with van der Waals surface area (Å²) in [5.41, 5.74) is 0. The molecule has 0 rings (SSSR count). The van der Waals surface area contributed by atoms with E-state index in [1.165, 1.54) is 321 Å². The topological polar surface area (TPSA) is 78.9 Å². The second kappa shape index (κ2) is 69.6. The number of allylic oxidation sites excluding steroid dienone is 2. The third-order valence-electron chi connectivity index (χ3n) is 17.0. The van der Waals surface area contributed by atoms with Gasteiger partial charge in [0, 0.05) is 19.3 Å². The zero-order valence-corrected chi connectivity index (χ0v) is 54.6. The minimum Gasteiger partial charge on any atom is -0.462 e. The van der Waals surface area contributed by atoms with Gasteiger partial charge in [0.1, 0.15) is 13.2 Å². The second-order valence-electron chi connectivity index (χ2n) is 25.2. The highest BCUT2D eigenvalue weighted by Gasteiger charge is 2.20. The molecule has 0 fully saturated rings. The summed E-state index contributed by atoms with van der Waals surface area (Å²) in [6, 6.07) is 0. The molecule has 0 aromatic rings. The third kappa shape index (κ3) is 66.9. The van der Waals surface area contributed by atoms with Gasteiger partial charge < -0.3 is 14.2 Å². The average molecular weight is 1130 g/mol. The first kappa shape index (κ1) is 78.1. The van der Waals surface area contributed by atoms with E-state index in [0.29, 0.717) is 19.3 Å². The number of rotatable bonds is 69. The molecule has 0 saturated heterocycles. The fourth-order valence-electron chi connectivity index (χ4n) is 11.5. The quantitative estimate of drug-likeness (QED) is 0.0261. The molecule has 1 atom stereocenters. The van der Waals surface area contributed by atoms with Gasteiger partial charge in [-0.05, 0) is 44.9 Å². The Balaban J connectivity index is 4.03. The zero-order chi connectivity index (χ0) is 57.8. The Kier molecular flexibility index (Phi) is 68.0. The first-order valence-corrected chi connectivity index (χ1v) is 36.7. The number of ether oxygens (including phenoxy) is 3. The van der Waals surface area contributed by atoms with Crippen LogP contribution in [0.25, 0.3) is 0 Å². The van der Waals surface area contributed by atoms with Crippen LogP contribution in [0, 0.1) is 0 Å². The Hall–Kier alpha value is -1.85. The molecule has 0 aromatic heterocycles. The fourth-order valence-corrected chi connectivity index (χ4v) is 11.5. The van der Waals surface area contributed by atoms with Crippen LogP contribution in [0.5, 0.6) is 0 Å². The van der Waals surface area contributed by atoms with Gasteiger partial charge in [-0.3, -0.25) is 14.4 Å². The van der Waals surface area contributed by atoms with E-state index in [1.807, 2.05) is 0 Å². The smallest absolute Gasteiger partial charge is 0.306 e. The van der Waals surface area contributed by atoms with Gasteiger partial charge >= 0.3 is 17.9 Å². The first-order valence-electron chi connectivity index (χ1n) is 36.7. The molecule has 0 aliphatic rings. The van der Waals surface area contributed by atoms with Crippen molar-refractivity contribution in [2.24, 2.45) is 0 Å². The standard InChI is InChI=1S/C74H142O6/c1-4-7-10-13-16-19-22-25-28-29-30-31-32-33-34-35-36-37-38-39-40-41-42-43-44-45-46-47-50-52-55-58-61-64-67-73(76)79-70-71(80-74(77)68-65-62-59-56-53-49-27-24-21-18-15-12-9-6-3)69-78-72(75)66-63-60-57-54-51-48-26-23-20-17-14-11-8-5-2/h24,27,71H,4-23,25-26,28-70H2,1-3H3/b27-24-. The molecule has 6 heteroatoms. The summed E-state index contributed by atoms with van der Waals surface area (Å²) < 4.78 is 17.0. The molecule has 0 saturated carbocycles. The summed E-state index contributed by atoms with van der Waals surface area (Å²) in [5.74, 6) is -0.843. The largest absolute Gasteiger partial charge is 0.462 e. The predicted octanol–water partition coefficient (Wildman–Crippen LogP) is 25.2. The van der Waals surface area contributed by atoms with Crippen LogP contribution in [0.4, 0.5) is 0 Å². The highest BCUT2D eigenvalue weighted by molar-refractivity contribution is 5.71. The molecule has 1 unspecified atom stereocenters. The summed E-state index contributed by atoms with van der Waals surface area (Å²) >= 11 is 0. The number of carbonyl (C=O) groups excluding carboxylic acids is 3. The molecule has 474 valence electrons. The van der Waals surface area contributed by atoms with Gasteiger partial charge in [-0.1, -0.05) is 373 Å².